The average Bonchev–Trinajstić information content (AvgIpc) is 2.41. The molecular formula is C13H10BrFN2O2. The number of aromatic nitrogens is 1. The Morgan fingerprint density at radius 3 is 2.89 bits per heavy atom. The van der Waals surface area contributed by atoms with Gasteiger partial charge in [-0.1, -0.05) is 0 Å². The highest BCUT2D eigenvalue weighted by Crippen LogP contribution is 2.22. The van der Waals surface area contributed by atoms with Gasteiger partial charge in [-0.2, -0.15) is 0 Å². The molecular weight excluding hydrogens is 315 g/mol. The van der Waals surface area contributed by atoms with Gasteiger partial charge >= 0.3 is 0 Å². The van der Waals surface area contributed by atoms with Crippen molar-refractivity contribution in [3.05, 3.63) is 52.5 Å². The molecule has 2 aromatic rings. The zero-order valence-electron chi connectivity index (χ0n) is 9.98. The molecule has 2 rings (SSSR count). The number of anilines is 1. The van der Waals surface area contributed by atoms with E-state index in [-0.39, 0.29) is 11.4 Å². The van der Waals surface area contributed by atoms with E-state index in [4.69, 9.17) is 4.74 Å². The summed E-state index contributed by atoms with van der Waals surface area (Å²) < 4.78 is 19.1. The third-order valence-corrected chi connectivity index (χ3v) is 3.04. The van der Waals surface area contributed by atoms with E-state index >= 15 is 0 Å². The molecule has 0 aliphatic carbocycles. The fraction of sp³-hybridized carbons (Fsp3) is 0.0769. The maximum absolute atomic E-state index is 13.6. The first-order valence-corrected chi connectivity index (χ1v) is 6.16. The predicted molar refractivity (Wildman–Crippen MR) is 72.8 cm³/mol. The summed E-state index contributed by atoms with van der Waals surface area (Å²) in [7, 11) is 1.47. The molecule has 1 aromatic carbocycles. The molecule has 0 spiro atoms. The lowest BCUT2D eigenvalue weighted by Gasteiger charge is -2.08. The fourth-order valence-electron chi connectivity index (χ4n) is 1.46. The second-order valence-corrected chi connectivity index (χ2v) is 4.49. The second kappa shape index (κ2) is 5.79. The van der Waals surface area contributed by atoms with Gasteiger partial charge in [-0.05, 0) is 40.2 Å². The molecule has 98 valence electrons. The van der Waals surface area contributed by atoms with Crippen LogP contribution in [0.1, 0.15) is 10.5 Å². The molecule has 0 bridgehead atoms. The monoisotopic (exact) mass is 324 g/mol. The Hall–Kier alpha value is -1.95. The molecule has 0 aliphatic rings. The van der Waals surface area contributed by atoms with Crippen molar-refractivity contribution in [2.24, 2.45) is 0 Å². The van der Waals surface area contributed by atoms with Crippen molar-refractivity contribution in [2.75, 3.05) is 12.4 Å². The second-order valence-electron chi connectivity index (χ2n) is 3.63. The number of carbonyl (C=O) groups is 1. The zero-order chi connectivity index (χ0) is 13.8. The summed E-state index contributed by atoms with van der Waals surface area (Å²) >= 11 is 3.22. The number of hydrogen-bond acceptors (Lipinski definition) is 3. The highest BCUT2D eigenvalue weighted by atomic mass is 79.9. The maximum Gasteiger partial charge on any atom is 0.275 e. The van der Waals surface area contributed by atoms with Crippen LogP contribution in [-0.2, 0) is 0 Å². The number of nitrogens with one attached hydrogen (secondary N) is 1. The Morgan fingerprint density at radius 2 is 2.21 bits per heavy atom. The van der Waals surface area contributed by atoms with Crippen LogP contribution in [0.4, 0.5) is 10.1 Å². The first-order valence-electron chi connectivity index (χ1n) is 5.37. The Kier molecular flexibility index (Phi) is 4.11. The number of halogens is 2. The predicted octanol–water partition coefficient (Wildman–Crippen LogP) is 3.24. The lowest BCUT2D eigenvalue weighted by Crippen LogP contribution is -2.15. The van der Waals surface area contributed by atoms with Gasteiger partial charge in [0.15, 0.2) is 0 Å². The van der Waals surface area contributed by atoms with Crippen molar-refractivity contribution in [1.82, 2.24) is 4.98 Å². The van der Waals surface area contributed by atoms with E-state index in [1.807, 2.05) is 0 Å². The van der Waals surface area contributed by atoms with Gasteiger partial charge in [-0.3, -0.25) is 4.79 Å². The molecule has 1 heterocycles. The van der Waals surface area contributed by atoms with Gasteiger partial charge in [0.05, 0.1) is 12.8 Å². The van der Waals surface area contributed by atoms with Crippen molar-refractivity contribution in [3.63, 3.8) is 0 Å². The molecule has 19 heavy (non-hydrogen) atoms. The van der Waals surface area contributed by atoms with Crippen LogP contribution in [0.15, 0.2) is 41.0 Å². The first kappa shape index (κ1) is 13.5. The lowest BCUT2D eigenvalue weighted by molar-refractivity contribution is 0.102. The summed E-state index contributed by atoms with van der Waals surface area (Å²) in [6.45, 7) is 0. The molecule has 0 fully saturated rings. The first-order chi connectivity index (χ1) is 9.11. The van der Waals surface area contributed by atoms with Gasteiger partial charge < -0.3 is 10.1 Å². The Balaban J connectivity index is 2.26. The summed E-state index contributed by atoms with van der Waals surface area (Å²) in [5, 5.41) is 2.46. The third-order valence-electron chi connectivity index (χ3n) is 2.40. The van der Waals surface area contributed by atoms with Gasteiger partial charge in [0.2, 0.25) is 0 Å². The molecule has 0 aliphatic heterocycles. The van der Waals surface area contributed by atoms with Crippen LogP contribution in [0, 0.1) is 5.82 Å². The number of carbonyl (C=O) groups excluding carboxylic acids is 1. The highest BCUT2D eigenvalue weighted by molar-refractivity contribution is 9.10. The number of amides is 1. The van der Waals surface area contributed by atoms with Gasteiger partial charge in [0.1, 0.15) is 17.3 Å². The van der Waals surface area contributed by atoms with Crippen molar-refractivity contribution in [2.45, 2.75) is 0 Å². The van der Waals surface area contributed by atoms with E-state index in [0.717, 1.165) is 0 Å². The van der Waals surface area contributed by atoms with Gasteiger partial charge in [-0.25, -0.2) is 9.37 Å². The maximum atomic E-state index is 13.6. The molecule has 0 radical (unpaired) electrons. The molecule has 4 nitrogen and oxygen atoms in total. The molecule has 6 heteroatoms. The smallest absolute Gasteiger partial charge is 0.275 e. The number of methoxy groups -OCH3 is 1. The SMILES string of the molecule is COc1ccc(F)c(NC(=O)c2ncccc2Br)c1. The van der Waals surface area contributed by atoms with E-state index in [2.05, 4.69) is 26.2 Å². The topological polar surface area (TPSA) is 51.2 Å². The summed E-state index contributed by atoms with van der Waals surface area (Å²) in [4.78, 5) is 15.9. The summed E-state index contributed by atoms with van der Waals surface area (Å²) in [5.41, 5.74) is 0.228. The number of pyridine rings is 1. The van der Waals surface area contributed by atoms with Gasteiger partial charge in [-0.15, -0.1) is 0 Å². The Labute approximate surface area is 117 Å². The molecule has 0 atom stereocenters. The Bertz CT molecular complexity index is 619. The van der Waals surface area contributed by atoms with E-state index in [9.17, 15) is 9.18 Å². The minimum Gasteiger partial charge on any atom is -0.497 e. The number of nitrogens with zero attached hydrogens (tertiary/aromatic N) is 1. The van der Waals surface area contributed by atoms with Crippen LogP contribution in [-0.4, -0.2) is 18.0 Å². The normalized spacial score (nSPS) is 10.1. The number of benzene rings is 1. The zero-order valence-corrected chi connectivity index (χ0v) is 11.6. The van der Waals surface area contributed by atoms with Crippen LogP contribution in [0.3, 0.4) is 0 Å². The number of hydrogen-bond donors (Lipinski definition) is 1. The third kappa shape index (κ3) is 3.08. The Morgan fingerprint density at radius 1 is 1.42 bits per heavy atom. The van der Waals surface area contributed by atoms with Crippen LogP contribution in [0.5, 0.6) is 5.75 Å². The number of ether oxygens (including phenoxy) is 1. The minimum absolute atomic E-state index is 0.0434. The molecule has 1 aromatic heterocycles. The standard InChI is InChI=1S/C13H10BrFN2O2/c1-19-8-4-5-10(15)11(7-8)17-13(18)12-9(14)3-2-6-16-12/h2-7H,1H3,(H,17,18). The van der Waals surface area contributed by atoms with Crippen molar-refractivity contribution in [3.8, 4) is 5.75 Å². The lowest BCUT2D eigenvalue weighted by atomic mass is 10.2. The minimum atomic E-state index is -0.541. The van der Waals surface area contributed by atoms with Crippen LogP contribution in [0.25, 0.3) is 0 Å². The molecule has 1 N–H and O–H groups in total. The van der Waals surface area contributed by atoms with Crippen molar-refractivity contribution in [1.29, 1.82) is 0 Å². The van der Waals surface area contributed by atoms with Crippen LogP contribution in [0.2, 0.25) is 0 Å². The van der Waals surface area contributed by atoms with E-state index < -0.39 is 11.7 Å². The largest absolute Gasteiger partial charge is 0.497 e. The number of rotatable bonds is 3. The van der Waals surface area contributed by atoms with E-state index in [1.54, 1.807) is 12.1 Å². The fourth-order valence-corrected chi connectivity index (χ4v) is 1.90. The quantitative estimate of drug-likeness (QED) is 0.942. The van der Waals surface area contributed by atoms with Crippen molar-refractivity contribution < 1.29 is 13.9 Å². The van der Waals surface area contributed by atoms with E-state index in [0.29, 0.717) is 10.2 Å². The van der Waals surface area contributed by atoms with Gasteiger partial charge in [0, 0.05) is 16.7 Å². The molecule has 0 saturated heterocycles. The summed E-state index contributed by atoms with van der Waals surface area (Å²) in [5.74, 6) is -0.586. The average molecular weight is 325 g/mol. The molecule has 0 unspecified atom stereocenters. The highest BCUT2D eigenvalue weighted by Gasteiger charge is 2.14. The summed E-state index contributed by atoms with van der Waals surface area (Å²) in [6, 6.07) is 7.48. The summed E-state index contributed by atoms with van der Waals surface area (Å²) in [6.07, 6.45) is 1.49. The van der Waals surface area contributed by atoms with Crippen LogP contribution < -0.4 is 10.1 Å². The molecule has 1 amide bonds. The molecule has 0 saturated carbocycles. The van der Waals surface area contributed by atoms with Crippen molar-refractivity contribution >= 4 is 27.5 Å². The van der Waals surface area contributed by atoms with E-state index in [1.165, 1.54) is 31.5 Å². The van der Waals surface area contributed by atoms with Gasteiger partial charge in [0.25, 0.3) is 5.91 Å². The van der Waals surface area contributed by atoms with Crippen LogP contribution >= 0.6 is 15.9 Å².